The summed E-state index contributed by atoms with van der Waals surface area (Å²) >= 11 is 0. The van der Waals surface area contributed by atoms with Gasteiger partial charge in [-0.1, -0.05) is 13.8 Å². The molecule has 2 aliphatic rings. The largest absolute Gasteiger partial charge is 0.350 e. The number of carbonyl (C=O) groups is 1. The normalized spacial score (nSPS) is 22.3. The first kappa shape index (κ1) is 17.5. The Morgan fingerprint density at radius 2 is 2.04 bits per heavy atom. The van der Waals surface area contributed by atoms with Gasteiger partial charge in [-0.05, 0) is 64.5 Å². The summed E-state index contributed by atoms with van der Waals surface area (Å²) in [6.45, 7) is 13.8. The second-order valence-electron chi connectivity index (χ2n) is 8.78. The van der Waals surface area contributed by atoms with Crippen LogP contribution in [0.5, 0.6) is 0 Å². The van der Waals surface area contributed by atoms with Crippen molar-refractivity contribution in [2.45, 2.75) is 71.4 Å². The molecule has 1 aliphatic heterocycles. The highest BCUT2D eigenvalue weighted by atomic mass is 16.1. The van der Waals surface area contributed by atoms with Gasteiger partial charge < -0.3 is 10.2 Å². The van der Waals surface area contributed by atoms with Gasteiger partial charge in [-0.2, -0.15) is 5.10 Å². The molecule has 1 saturated heterocycles. The highest BCUT2D eigenvalue weighted by molar-refractivity contribution is 5.92. The van der Waals surface area contributed by atoms with Crippen molar-refractivity contribution in [3.63, 3.8) is 0 Å². The SMILES string of the molecule is CC(C)c1cc(C(=O)NC[C@H]2CCN(C3CC3)C2)nn1C(C)(C)C. The first-order valence-electron chi connectivity index (χ1n) is 9.38. The molecule has 1 aromatic heterocycles. The van der Waals surface area contributed by atoms with Crippen LogP contribution in [0.1, 0.15) is 76.0 Å². The highest BCUT2D eigenvalue weighted by Gasteiger charge is 2.34. The zero-order chi connectivity index (χ0) is 17.5. The van der Waals surface area contributed by atoms with E-state index in [2.05, 4.69) is 49.9 Å². The maximum atomic E-state index is 12.5. The lowest BCUT2D eigenvalue weighted by molar-refractivity contribution is 0.0940. The minimum Gasteiger partial charge on any atom is -0.350 e. The van der Waals surface area contributed by atoms with Crippen molar-refractivity contribution in [1.82, 2.24) is 20.0 Å². The molecule has 3 rings (SSSR count). The van der Waals surface area contributed by atoms with Crippen molar-refractivity contribution in [3.8, 4) is 0 Å². The minimum atomic E-state index is -0.117. The van der Waals surface area contributed by atoms with Gasteiger partial charge in [-0.3, -0.25) is 9.48 Å². The number of nitrogens with zero attached hydrogens (tertiary/aromatic N) is 3. The molecule has 1 amide bonds. The molecule has 1 saturated carbocycles. The van der Waals surface area contributed by atoms with E-state index in [1.807, 2.05) is 10.7 Å². The highest BCUT2D eigenvalue weighted by Crippen LogP contribution is 2.31. The summed E-state index contributed by atoms with van der Waals surface area (Å²) in [5.74, 6) is 0.897. The number of hydrogen-bond donors (Lipinski definition) is 1. The van der Waals surface area contributed by atoms with Crippen LogP contribution in [0.15, 0.2) is 6.07 Å². The van der Waals surface area contributed by atoms with Gasteiger partial charge in [0.1, 0.15) is 5.69 Å². The summed E-state index contributed by atoms with van der Waals surface area (Å²) in [4.78, 5) is 15.1. The molecule has 0 radical (unpaired) electrons. The second kappa shape index (κ2) is 6.51. The molecule has 1 aromatic rings. The van der Waals surface area contributed by atoms with Gasteiger partial charge in [0, 0.05) is 24.8 Å². The van der Waals surface area contributed by atoms with Crippen molar-refractivity contribution in [3.05, 3.63) is 17.5 Å². The van der Waals surface area contributed by atoms with Crippen LogP contribution in [-0.2, 0) is 5.54 Å². The summed E-state index contributed by atoms with van der Waals surface area (Å²) in [7, 11) is 0. The smallest absolute Gasteiger partial charge is 0.271 e. The van der Waals surface area contributed by atoms with Crippen LogP contribution in [0.4, 0.5) is 0 Å². The number of rotatable bonds is 5. The molecular formula is C19H32N4O. The lowest BCUT2D eigenvalue weighted by Crippen LogP contribution is -2.32. The van der Waals surface area contributed by atoms with E-state index in [-0.39, 0.29) is 11.4 Å². The van der Waals surface area contributed by atoms with Crippen molar-refractivity contribution in [2.75, 3.05) is 19.6 Å². The van der Waals surface area contributed by atoms with Crippen LogP contribution >= 0.6 is 0 Å². The maximum Gasteiger partial charge on any atom is 0.271 e. The van der Waals surface area contributed by atoms with Crippen LogP contribution in [0.25, 0.3) is 0 Å². The average molecular weight is 332 g/mol. The molecule has 2 heterocycles. The Kier molecular flexibility index (Phi) is 4.73. The topological polar surface area (TPSA) is 50.2 Å². The number of aromatic nitrogens is 2. The molecule has 134 valence electrons. The Labute approximate surface area is 145 Å². The number of carbonyl (C=O) groups excluding carboxylic acids is 1. The third-order valence-corrected chi connectivity index (χ3v) is 5.13. The lowest BCUT2D eigenvalue weighted by atomic mass is 10.1. The Balaban J connectivity index is 1.60. The van der Waals surface area contributed by atoms with Crippen LogP contribution in [0, 0.1) is 5.92 Å². The van der Waals surface area contributed by atoms with Crippen LogP contribution < -0.4 is 5.32 Å². The van der Waals surface area contributed by atoms with Gasteiger partial charge in [0.05, 0.1) is 5.54 Å². The zero-order valence-corrected chi connectivity index (χ0v) is 15.8. The molecule has 1 N–H and O–H groups in total. The first-order chi connectivity index (χ1) is 11.3. The summed E-state index contributed by atoms with van der Waals surface area (Å²) in [6, 6.07) is 2.79. The van der Waals surface area contributed by atoms with Gasteiger partial charge in [0.2, 0.25) is 0 Å². The monoisotopic (exact) mass is 332 g/mol. The van der Waals surface area contributed by atoms with Gasteiger partial charge in [0.25, 0.3) is 5.91 Å². The van der Waals surface area contributed by atoms with Crippen molar-refractivity contribution >= 4 is 5.91 Å². The van der Waals surface area contributed by atoms with E-state index in [1.165, 1.54) is 25.8 Å². The van der Waals surface area contributed by atoms with E-state index in [1.54, 1.807) is 0 Å². The molecule has 1 atom stereocenters. The van der Waals surface area contributed by atoms with Gasteiger partial charge in [-0.25, -0.2) is 0 Å². The number of amides is 1. The van der Waals surface area contributed by atoms with E-state index in [0.717, 1.165) is 24.8 Å². The molecule has 0 aromatic carbocycles. The van der Waals surface area contributed by atoms with Crippen molar-refractivity contribution in [2.24, 2.45) is 5.92 Å². The molecule has 24 heavy (non-hydrogen) atoms. The number of likely N-dealkylation sites (tertiary alicyclic amines) is 1. The van der Waals surface area contributed by atoms with Crippen LogP contribution in [-0.4, -0.2) is 46.3 Å². The van der Waals surface area contributed by atoms with Gasteiger partial charge >= 0.3 is 0 Å². The molecule has 5 heteroatoms. The molecule has 1 aliphatic carbocycles. The van der Waals surface area contributed by atoms with Crippen molar-refractivity contribution in [1.29, 1.82) is 0 Å². The minimum absolute atomic E-state index is 0.0372. The number of nitrogens with one attached hydrogen (secondary N) is 1. The molecular weight excluding hydrogens is 300 g/mol. The van der Waals surface area contributed by atoms with Crippen molar-refractivity contribution < 1.29 is 4.79 Å². The standard InChI is InChI=1S/C19H32N4O/c1-13(2)17-10-16(21-23(17)19(3,4)5)18(24)20-11-14-8-9-22(12-14)15-6-7-15/h10,13-15H,6-9,11-12H2,1-5H3,(H,20,24)/t14-/m1/s1. The van der Waals surface area contributed by atoms with E-state index >= 15 is 0 Å². The quantitative estimate of drug-likeness (QED) is 0.902. The van der Waals surface area contributed by atoms with Gasteiger partial charge in [0.15, 0.2) is 0 Å². The van der Waals surface area contributed by atoms with E-state index in [4.69, 9.17) is 0 Å². The fourth-order valence-electron chi connectivity index (χ4n) is 3.58. The van der Waals surface area contributed by atoms with E-state index in [9.17, 15) is 4.79 Å². The second-order valence-corrected chi connectivity index (χ2v) is 8.78. The Morgan fingerprint density at radius 3 is 2.58 bits per heavy atom. The Morgan fingerprint density at radius 1 is 1.33 bits per heavy atom. The summed E-state index contributed by atoms with van der Waals surface area (Å²) in [6.07, 6.45) is 3.92. The molecule has 5 nitrogen and oxygen atoms in total. The predicted octanol–water partition coefficient (Wildman–Crippen LogP) is 2.98. The third-order valence-electron chi connectivity index (χ3n) is 5.13. The van der Waals surface area contributed by atoms with Crippen LogP contribution in [0.3, 0.4) is 0 Å². The summed E-state index contributed by atoms with van der Waals surface area (Å²) in [5, 5.41) is 7.71. The molecule has 0 spiro atoms. The number of hydrogen-bond acceptors (Lipinski definition) is 3. The fourth-order valence-corrected chi connectivity index (χ4v) is 3.58. The summed E-state index contributed by atoms with van der Waals surface area (Å²) < 4.78 is 2.00. The van der Waals surface area contributed by atoms with Crippen LogP contribution in [0.2, 0.25) is 0 Å². The van der Waals surface area contributed by atoms with E-state index < -0.39 is 0 Å². The summed E-state index contributed by atoms with van der Waals surface area (Å²) in [5.41, 5.74) is 1.55. The van der Waals surface area contributed by atoms with E-state index in [0.29, 0.717) is 17.5 Å². The Bertz CT molecular complexity index is 595. The fraction of sp³-hybridized carbons (Fsp3) is 0.789. The Hall–Kier alpha value is -1.36. The average Bonchev–Trinajstić information content (AvgIpc) is 3.06. The molecule has 2 fully saturated rings. The third kappa shape index (κ3) is 3.82. The molecule has 0 bridgehead atoms. The zero-order valence-electron chi connectivity index (χ0n) is 15.8. The molecule has 0 unspecified atom stereocenters. The maximum absolute atomic E-state index is 12.5. The predicted molar refractivity (Wildman–Crippen MR) is 96.3 cm³/mol. The first-order valence-corrected chi connectivity index (χ1v) is 9.38. The van der Waals surface area contributed by atoms with Gasteiger partial charge in [-0.15, -0.1) is 0 Å². The lowest BCUT2D eigenvalue weighted by Gasteiger charge is -2.23.